The Morgan fingerprint density at radius 2 is 1.88 bits per heavy atom. The number of hydrogen-bond acceptors (Lipinski definition) is 7. The van der Waals surface area contributed by atoms with Gasteiger partial charge < -0.3 is 16.0 Å². The van der Waals surface area contributed by atoms with Gasteiger partial charge in [0.15, 0.2) is 11.6 Å². The maximum absolute atomic E-state index is 14.3. The fourth-order valence-corrected chi connectivity index (χ4v) is 5.27. The van der Waals surface area contributed by atoms with Crippen molar-refractivity contribution in [3.05, 3.63) is 94.4 Å². The van der Waals surface area contributed by atoms with E-state index in [1.54, 1.807) is 11.6 Å². The third-order valence-electron chi connectivity index (χ3n) is 7.58. The van der Waals surface area contributed by atoms with Crippen LogP contribution in [0.1, 0.15) is 34.6 Å². The number of nitrogen functional groups attached to an aromatic ring is 1. The molecule has 0 saturated carbocycles. The molecule has 10 heteroatoms. The van der Waals surface area contributed by atoms with E-state index in [0.29, 0.717) is 34.7 Å². The maximum atomic E-state index is 14.3. The molecule has 1 unspecified atom stereocenters. The van der Waals surface area contributed by atoms with Crippen molar-refractivity contribution < 1.29 is 4.79 Å². The van der Waals surface area contributed by atoms with Gasteiger partial charge in [-0.1, -0.05) is 54.8 Å². The molecule has 3 N–H and O–H groups in total. The molecule has 0 bridgehead atoms. The van der Waals surface area contributed by atoms with E-state index in [1.165, 1.54) is 17.0 Å². The van der Waals surface area contributed by atoms with Crippen LogP contribution in [0.3, 0.4) is 0 Å². The molecule has 0 aliphatic carbocycles. The summed E-state index contributed by atoms with van der Waals surface area (Å²) in [5, 5.41) is 8.46. The van der Waals surface area contributed by atoms with Gasteiger partial charge in [0.1, 0.15) is 5.56 Å². The number of rotatable bonds is 7. The fourth-order valence-electron chi connectivity index (χ4n) is 5.27. The van der Waals surface area contributed by atoms with E-state index in [0.717, 1.165) is 31.6 Å². The van der Waals surface area contributed by atoms with Crippen molar-refractivity contribution >= 4 is 34.5 Å². The zero-order valence-corrected chi connectivity index (χ0v) is 24.7. The predicted octanol–water partition coefficient (Wildman–Crippen LogP) is 3.28. The van der Waals surface area contributed by atoms with Crippen LogP contribution < -0.4 is 16.6 Å². The van der Waals surface area contributed by atoms with Crippen molar-refractivity contribution in [3.8, 4) is 17.5 Å². The number of anilines is 1. The molecular weight excluding hydrogens is 540 g/mol. The summed E-state index contributed by atoms with van der Waals surface area (Å²) < 4.78 is 3.08. The molecule has 0 spiro atoms. The zero-order valence-electron chi connectivity index (χ0n) is 24.7. The summed E-state index contributed by atoms with van der Waals surface area (Å²) in [6.07, 6.45) is 2.98. The highest BCUT2D eigenvalue weighted by Crippen LogP contribution is 2.27. The SMILES string of the molecule is C=C/C=N\c1c(C(=O)NC(C)c2cc3cccc(C#CCN4CCN(C)CC4)c3c(=O)n2-c2ccccc2)c(N)nn1C. The highest BCUT2D eigenvalue weighted by molar-refractivity contribution is 6.03. The van der Waals surface area contributed by atoms with Crippen molar-refractivity contribution in [1.82, 2.24) is 29.5 Å². The lowest BCUT2D eigenvalue weighted by Gasteiger charge is -2.30. The third kappa shape index (κ3) is 6.28. The number of piperazine rings is 1. The number of carbonyl (C=O) groups excluding carboxylic acids is 1. The number of nitrogens with zero attached hydrogens (tertiary/aromatic N) is 6. The minimum absolute atomic E-state index is 0.0576. The number of pyridine rings is 1. The highest BCUT2D eigenvalue weighted by Gasteiger charge is 2.25. The molecule has 2 aromatic carbocycles. The van der Waals surface area contributed by atoms with Crippen LogP contribution in [0.2, 0.25) is 0 Å². The Morgan fingerprint density at radius 3 is 2.60 bits per heavy atom. The Morgan fingerprint density at radius 1 is 1.14 bits per heavy atom. The Balaban J connectivity index is 1.55. The number of nitrogens with two attached hydrogens (primary N) is 1. The van der Waals surface area contributed by atoms with Crippen LogP contribution in [0.4, 0.5) is 11.6 Å². The Bertz CT molecular complexity index is 1800. The molecule has 43 heavy (non-hydrogen) atoms. The second-order valence-electron chi connectivity index (χ2n) is 10.6. The predicted molar refractivity (Wildman–Crippen MR) is 172 cm³/mol. The number of carbonyl (C=O) groups is 1. The summed E-state index contributed by atoms with van der Waals surface area (Å²) in [5.74, 6) is 6.47. The van der Waals surface area contributed by atoms with Gasteiger partial charge in [0.05, 0.1) is 18.0 Å². The van der Waals surface area contributed by atoms with Crippen molar-refractivity contribution in [2.24, 2.45) is 12.0 Å². The van der Waals surface area contributed by atoms with Crippen LogP contribution in [-0.4, -0.2) is 76.0 Å². The molecule has 1 fully saturated rings. The number of fused-ring (bicyclic) bond motifs is 1. The number of aryl methyl sites for hydroxylation is 1. The van der Waals surface area contributed by atoms with Gasteiger partial charge in [-0.15, -0.1) is 0 Å². The van der Waals surface area contributed by atoms with Crippen LogP contribution in [0.15, 0.2) is 77.0 Å². The molecule has 5 rings (SSSR count). The molecule has 1 amide bonds. The highest BCUT2D eigenvalue weighted by atomic mass is 16.2. The lowest BCUT2D eigenvalue weighted by Crippen LogP contribution is -2.44. The van der Waals surface area contributed by atoms with E-state index in [1.807, 2.05) is 61.5 Å². The zero-order chi connectivity index (χ0) is 30.5. The van der Waals surface area contributed by atoms with E-state index in [2.05, 4.69) is 50.7 Å². The second kappa shape index (κ2) is 12.9. The van der Waals surface area contributed by atoms with E-state index in [4.69, 9.17) is 5.73 Å². The number of hydrogen-bond donors (Lipinski definition) is 2. The van der Waals surface area contributed by atoms with Crippen molar-refractivity contribution in [2.45, 2.75) is 13.0 Å². The third-order valence-corrected chi connectivity index (χ3v) is 7.58. The summed E-state index contributed by atoms with van der Waals surface area (Å²) in [6, 6.07) is 16.4. The minimum Gasteiger partial charge on any atom is -0.381 e. The van der Waals surface area contributed by atoms with Crippen molar-refractivity contribution in [2.75, 3.05) is 45.5 Å². The Kier molecular flexibility index (Phi) is 8.85. The molecule has 220 valence electrons. The molecule has 1 aliphatic rings. The number of amides is 1. The fraction of sp³-hybridized carbons (Fsp3) is 0.273. The summed E-state index contributed by atoms with van der Waals surface area (Å²) in [4.78, 5) is 36.7. The molecule has 10 nitrogen and oxygen atoms in total. The number of likely N-dealkylation sites (N-methyl/N-ethyl adjacent to an activating group) is 1. The second-order valence-corrected chi connectivity index (χ2v) is 10.6. The first kappa shape index (κ1) is 29.5. The van der Waals surface area contributed by atoms with Gasteiger partial charge in [0.2, 0.25) is 0 Å². The van der Waals surface area contributed by atoms with E-state index >= 15 is 0 Å². The molecule has 1 atom stereocenters. The molecule has 0 radical (unpaired) electrons. The number of aromatic nitrogens is 3. The van der Waals surface area contributed by atoms with Gasteiger partial charge in [0, 0.05) is 56.4 Å². The standard InChI is InChI=1S/C33H36N8O2/c1-5-16-35-31-29(30(34)37-39(31)4)32(42)36-23(2)27-22-25-12-9-11-24(13-10-17-40-20-18-38(3)19-21-40)28(25)33(43)41(27)26-14-7-6-8-15-26/h5-9,11-12,14-16,22-23H,1,17-21H2,2-4H3,(H2,34,37)(H,36,42)/b35-16-. The number of aliphatic imine (C=N–C) groups is 1. The quantitative estimate of drug-likeness (QED) is 0.258. The molecule has 1 aliphatic heterocycles. The molecule has 4 aromatic rings. The average Bonchev–Trinajstić information content (AvgIpc) is 3.29. The Hall–Kier alpha value is -4.98. The van der Waals surface area contributed by atoms with Crippen LogP contribution in [0.25, 0.3) is 16.5 Å². The molecular formula is C33H36N8O2. The normalized spacial score (nSPS) is 14.9. The Labute approximate surface area is 251 Å². The topological polar surface area (TPSA) is 114 Å². The molecule has 2 aromatic heterocycles. The average molecular weight is 577 g/mol. The smallest absolute Gasteiger partial charge is 0.264 e. The maximum Gasteiger partial charge on any atom is 0.264 e. The van der Waals surface area contributed by atoms with E-state index < -0.39 is 11.9 Å². The number of benzene rings is 2. The van der Waals surface area contributed by atoms with Gasteiger partial charge in [-0.25, -0.2) is 9.67 Å². The minimum atomic E-state index is -0.576. The van der Waals surface area contributed by atoms with E-state index in [-0.39, 0.29) is 16.9 Å². The van der Waals surface area contributed by atoms with Crippen molar-refractivity contribution in [3.63, 3.8) is 0 Å². The summed E-state index contributed by atoms with van der Waals surface area (Å²) in [7, 11) is 3.79. The van der Waals surface area contributed by atoms with Crippen molar-refractivity contribution in [1.29, 1.82) is 0 Å². The van der Waals surface area contributed by atoms with Crippen LogP contribution in [0.5, 0.6) is 0 Å². The lowest BCUT2D eigenvalue weighted by atomic mass is 10.0. The van der Waals surface area contributed by atoms with Crippen LogP contribution in [0, 0.1) is 11.8 Å². The number of para-hydroxylation sites is 1. The van der Waals surface area contributed by atoms with Gasteiger partial charge in [0.25, 0.3) is 11.5 Å². The molecule has 3 heterocycles. The van der Waals surface area contributed by atoms with Crippen LogP contribution >= 0.6 is 0 Å². The monoisotopic (exact) mass is 576 g/mol. The summed E-state index contributed by atoms with van der Waals surface area (Å²) >= 11 is 0. The number of nitrogens with one attached hydrogen (secondary N) is 1. The first-order chi connectivity index (χ1) is 20.8. The molecule has 1 saturated heterocycles. The first-order valence-corrected chi connectivity index (χ1v) is 14.2. The van der Waals surface area contributed by atoms with E-state index in [9.17, 15) is 9.59 Å². The van der Waals surface area contributed by atoms with Gasteiger partial charge >= 0.3 is 0 Å². The van der Waals surface area contributed by atoms with Crippen LogP contribution in [-0.2, 0) is 7.05 Å². The summed E-state index contributed by atoms with van der Waals surface area (Å²) in [5.41, 5.74) is 8.01. The lowest BCUT2D eigenvalue weighted by molar-refractivity contribution is 0.0940. The van der Waals surface area contributed by atoms with Gasteiger partial charge in [-0.3, -0.25) is 19.1 Å². The summed E-state index contributed by atoms with van der Waals surface area (Å²) in [6.45, 7) is 10.1. The first-order valence-electron chi connectivity index (χ1n) is 14.2. The largest absolute Gasteiger partial charge is 0.381 e. The van der Waals surface area contributed by atoms with Gasteiger partial charge in [-0.05, 0) is 43.6 Å². The van der Waals surface area contributed by atoms with Gasteiger partial charge in [-0.2, -0.15) is 5.10 Å². The number of allylic oxidation sites excluding steroid dienone is 1.